The third kappa shape index (κ3) is 4.39. The molecular weight excluding hydrogens is 218 g/mol. The van der Waals surface area contributed by atoms with Crippen LogP contribution in [0.2, 0.25) is 0 Å². The minimum Gasteiger partial charge on any atom is -0.394 e. The maximum Gasteiger partial charge on any atom is 0.127 e. The molecule has 1 aromatic rings. The predicted octanol–water partition coefficient (Wildman–Crippen LogP) is 1.07. The zero-order valence-electron chi connectivity index (χ0n) is 10.1. The van der Waals surface area contributed by atoms with Crippen LogP contribution in [0, 0.1) is 18.3 Å². The van der Waals surface area contributed by atoms with Gasteiger partial charge in [-0.3, -0.25) is 0 Å². The molecule has 0 saturated carbocycles. The Morgan fingerprint density at radius 1 is 1.59 bits per heavy atom. The first-order valence-electron chi connectivity index (χ1n) is 5.44. The molecule has 0 spiro atoms. The summed E-state index contributed by atoms with van der Waals surface area (Å²) in [5.41, 5.74) is 1.33. The number of pyridine rings is 1. The van der Waals surface area contributed by atoms with Gasteiger partial charge in [0.1, 0.15) is 5.82 Å². The van der Waals surface area contributed by atoms with Crippen LogP contribution in [-0.4, -0.2) is 36.5 Å². The number of anilines is 1. The number of ether oxygens (including phenoxy) is 1. The highest BCUT2D eigenvalue weighted by Gasteiger charge is 2.08. The Bertz CT molecular complexity index is 401. The molecule has 0 aliphatic carbocycles. The summed E-state index contributed by atoms with van der Waals surface area (Å²) in [5.74, 6) is 0.608. The highest BCUT2D eigenvalue weighted by Crippen LogP contribution is 2.11. The fraction of sp³-hybridized carbons (Fsp3) is 0.500. The molecule has 17 heavy (non-hydrogen) atoms. The number of aliphatic hydroxyl groups is 1. The number of aryl methyl sites for hydroxylation is 1. The summed E-state index contributed by atoms with van der Waals surface area (Å²) in [6.07, 6.45) is 0.685. The second-order valence-electron chi connectivity index (χ2n) is 3.80. The summed E-state index contributed by atoms with van der Waals surface area (Å²) in [6, 6.07) is 5.35. The predicted molar refractivity (Wildman–Crippen MR) is 64.7 cm³/mol. The van der Waals surface area contributed by atoms with Gasteiger partial charge >= 0.3 is 0 Å². The topological polar surface area (TPSA) is 78.2 Å². The van der Waals surface area contributed by atoms with Crippen molar-refractivity contribution in [2.75, 3.05) is 25.6 Å². The summed E-state index contributed by atoms with van der Waals surface area (Å²) < 4.78 is 4.96. The lowest BCUT2D eigenvalue weighted by Crippen LogP contribution is -2.26. The molecular formula is C12H17N3O2. The number of aromatic nitrogens is 1. The standard InChI is InChI=1S/C12H17N3O2/c1-9-5-10(7-13)6-12(14-9)15-11(8-16)3-4-17-2/h5-6,11,16H,3-4,8H2,1-2H3,(H,14,15). The molecule has 92 valence electrons. The summed E-state index contributed by atoms with van der Waals surface area (Å²) in [5, 5.41) is 21.1. The van der Waals surface area contributed by atoms with E-state index in [1.807, 2.05) is 6.92 Å². The number of hydrogen-bond donors (Lipinski definition) is 2. The molecule has 0 amide bonds. The van der Waals surface area contributed by atoms with Crippen LogP contribution in [0.4, 0.5) is 5.82 Å². The van der Waals surface area contributed by atoms with E-state index in [0.717, 1.165) is 5.69 Å². The van der Waals surface area contributed by atoms with Crippen molar-refractivity contribution < 1.29 is 9.84 Å². The van der Waals surface area contributed by atoms with Gasteiger partial charge in [0.05, 0.1) is 24.3 Å². The monoisotopic (exact) mass is 235 g/mol. The van der Waals surface area contributed by atoms with E-state index in [1.165, 1.54) is 0 Å². The lowest BCUT2D eigenvalue weighted by Gasteiger charge is -2.16. The van der Waals surface area contributed by atoms with Crippen molar-refractivity contribution in [2.24, 2.45) is 0 Å². The van der Waals surface area contributed by atoms with Crippen LogP contribution in [-0.2, 0) is 4.74 Å². The fourth-order valence-corrected chi connectivity index (χ4v) is 1.49. The van der Waals surface area contributed by atoms with Gasteiger partial charge in [-0.05, 0) is 25.5 Å². The fourth-order valence-electron chi connectivity index (χ4n) is 1.49. The number of nitrogens with zero attached hydrogens (tertiary/aromatic N) is 2. The Labute approximate surface area is 101 Å². The summed E-state index contributed by atoms with van der Waals surface area (Å²) in [6.45, 7) is 2.39. The highest BCUT2D eigenvalue weighted by molar-refractivity contribution is 5.44. The molecule has 1 unspecified atom stereocenters. The smallest absolute Gasteiger partial charge is 0.127 e. The maximum absolute atomic E-state index is 9.20. The molecule has 0 fully saturated rings. The van der Waals surface area contributed by atoms with Gasteiger partial charge in [0.2, 0.25) is 0 Å². The average molecular weight is 235 g/mol. The Morgan fingerprint density at radius 3 is 2.94 bits per heavy atom. The van der Waals surface area contributed by atoms with Crippen molar-refractivity contribution in [3.63, 3.8) is 0 Å². The van der Waals surface area contributed by atoms with Crippen molar-refractivity contribution in [2.45, 2.75) is 19.4 Å². The van der Waals surface area contributed by atoms with Gasteiger partial charge in [0, 0.05) is 19.4 Å². The zero-order valence-corrected chi connectivity index (χ0v) is 10.1. The number of hydrogen-bond acceptors (Lipinski definition) is 5. The second-order valence-corrected chi connectivity index (χ2v) is 3.80. The molecule has 1 heterocycles. The van der Waals surface area contributed by atoms with E-state index < -0.39 is 0 Å². The van der Waals surface area contributed by atoms with E-state index in [9.17, 15) is 5.11 Å². The van der Waals surface area contributed by atoms with Crippen molar-refractivity contribution in [3.05, 3.63) is 23.4 Å². The second kappa shape index (κ2) is 6.84. The molecule has 0 radical (unpaired) electrons. The van der Waals surface area contributed by atoms with Crippen LogP contribution in [0.1, 0.15) is 17.7 Å². The van der Waals surface area contributed by atoms with Crippen LogP contribution in [0.25, 0.3) is 0 Å². The van der Waals surface area contributed by atoms with Crippen LogP contribution >= 0.6 is 0 Å². The summed E-state index contributed by atoms with van der Waals surface area (Å²) in [7, 11) is 1.62. The lowest BCUT2D eigenvalue weighted by atomic mass is 10.2. The molecule has 1 rings (SSSR count). The van der Waals surface area contributed by atoms with Crippen LogP contribution < -0.4 is 5.32 Å². The van der Waals surface area contributed by atoms with Crippen molar-refractivity contribution in [1.29, 1.82) is 5.26 Å². The van der Waals surface area contributed by atoms with Crippen LogP contribution in [0.5, 0.6) is 0 Å². The van der Waals surface area contributed by atoms with E-state index in [2.05, 4.69) is 16.4 Å². The van der Waals surface area contributed by atoms with Gasteiger partial charge in [-0.1, -0.05) is 0 Å². The average Bonchev–Trinajstić information content (AvgIpc) is 2.33. The van der Waals surface area contributed by atoms with Crippen molar-refractivity contribution in [1.82, 2.24) is 4.98 Å². The number of methoxy groups -OCH3 is 1. The van der Waals surface area contributed by atoms with Crippen LogP contribution in [0.3, 0.4) is 0 Å². The van der Waals surface area contributed by atoms with Gasteiger partial charge in [0.25, 0.3) is 0 Å². The highest BCUT2D eigenvalue weighted by atomic mass is 16.5. The van der Waals surface area contributed by atoms with E-state index >= 15 is 0 Å². The minimum atomic E-state index is -0.115. The first kappa shape index (κ1) is 13.4. The van der Waals surface area contributed by atoms with Gasteiger partial charge in [-0.25, -0.2) is 4.98 Å². The number of nitrogens with one attached hydrogen (secondary N) is 1. The Hall–Kier alpha value is -1.64. The summed E-state index contributed by atoms with van der Waals surface area (Å²) in [4.78, 5) is 4.26. The molecule has 5 heteroatoms. The molecule has 0 bridgehead atoms. The largest absolute Gasteiger partial charge is 0.394 e. The van der Waals surface area contributed by atoms with Gasteiger partial charge in [0.15, 0.2) is 0 Å². The Balaban J connectivity index is 2.72. The normalized spacial score (nSPS) is 11.9. The third-order valence-corrected chi connectivity index (χ3v) is 2.33. The van der Waals surface area contributed by atoms with E-state index in [0.29, 0.717) is 24.4 Å². The molecule has 1 atom stereocenters. The first-order chi connectivity index (χ1) is 8.19. The number of aliphatic hydroxyl groups excluding tert-OH is 1. The molecule has 2 N–H and O–H groups in total. The molecule has 0 aromatic carbocycles. The zero-order chi connectivity index (χ0) is 12.7. The Morgan fingerprint density at radius 2 is 2.35 bits per heavy atom. The quantitative estimate of drug-likeness (QED) is 0.771. The van der Waals surface area contributed by atoms with Crippen molar-refractivity contribution >= 4 is 5.82 Å². The van der Waals surface area contributed by atoms with E-state index in [-0.39, 0.29) is 12.6 Å². The maximum atomic E-state index is 9.20. The Kier molecular flexibility index (Phi) is 5.40. The molecule has 0 aliphatic heterocycles. The van der Waals surface area contributed by atoms with E-state index in [4.69, 9.17) is 10.00 Å². The number of nitriles is 1. The van der Waals surface area contributed by atoms with Gasteiger partial charge < -0.3 is 15.2 Å². The molecule has 5 nitrogen and oxygen atoms in total. The van der Waals surface area contributed by atoms with Crippen LogP contribution in [0.15, 0.2) is 12.1 Å². The minimum absolute atomic E-state index is 0.000862. The third-order valence-electron chi connectivity index (χ3n) is 2.33. The molecule has 0 saturated heterocycles. The van der Waals surface area contributed by atoms with E-state index in [1.54, 1.807) is 19.2 Å². The lowest BCUT2D eigenvalue weighted by molar-refractivity contribution is 0.174. The first-order valence-corrected chi connectivity index (χ1v) is 5.44. The molecule has 1 aromatic heterocycles. The number of rotatable bonds is 6. The van der Waals surface area contributed by atoms with Crippen molar-refractivity contribution in [3.8, 4) is 6.07 Å². The SMILES string of the molecule is COCCC(CO)Nc1cc(C#N)cc(C)n1. The molecule has 0 aliphatic rings. The summed E-state index contributed by atoms with van der Waals surface area (Å²) >= 11 is 0. The van der Waals surface area contributed by atoms with Gasteiger partial charge in [-0.2, -0.15) is 5.26 Å². The van der Waals surface area contributed by atoms with Gasteiger partial charge in [-0.15, -0.1) is 0 Å².